The van der Waals surface area contributed by atoms with Crippen LogP contribution < -0.4 is 5.32 Å². The molecule has 1 aromatic carbocycles. The summed E-state index contributed by atoms with van der Waals surface area (Å²) in [5, 5.41) is 3.10. The average molecular weight is 293 g/mol. The van der Waals surface area contributed by atoms with Gasteiger partial charge >= 0.3 is 0 Å². The zero-order chi connectivity index (χ0) is 14.4. The standard InChI is InChI=1S/C16H23NO2S/c1-13-4-3-5-14(10-13)11-15(18)17-12-16(20-2)6-8-19-9-7-16/h3-5,10H,6-9,11-12H2,1-2H3,(H,17,18). The Labute approximate surface area is 125 Å². The van der Waals surface area contributed by atoms with Crippen molar-refractivity contribution >= 4 is 17.7 Å². The van der Waals surface area contributed by atoms with Gasteiger partial charge in [-0.3, -0.25) is 4.79 Å². The Kier molecular flexibility index (Phi) is 5.49. The number of thioether (sulfide) groups is 1. The molecule has 1 amide bonds. The largest absolute Gasteiger partial charge is 0.381 e. The molecule has 1 aliphatic heterocycles. The molecule has 0 unspecified atom stereocenters. The first-order chi connectivity index (χ1) is 9.63. The van der Waals surface area contributed by atoms with Crippen molar-refractivity contribution in [1.29, 1.82) is 0 Å². The van der Waals surface area contributed by atoms with Crippen molar-refractivity contribution in [1.82, 2.24) is 5.32 Å². The van der Waals surface area contributed by atoms with E-state index in [9.17, 15) is 4.79 Å². The van der Waals surface area contributed by atoms with Crippen LogP contribution in [-0.4, -0.2) is 36.7 Å². The number of benzene rings is 1. The molecule has 3 nitrogen and oxygen atoms in total. The Hall–Kier alpha value is -1.00. The fraction of sp³-hybridized carbons (Fsp3) is 0.562. The maximum Gasteiger partial charge on any atom is 0.224 e. The summed E-state index contributed by atoms with van der Waals surface area (Å²) in [7, 11) is 0. The van der Waals surface area contributed by atoms with Gasteiger partial charge in [0, 0.05) is 24.5 Å². The van der Waals surface area contributed by atoms with Crippen LogP contribution in [0.25, 0.3) is 0 Å². The summed E-state index contributed by atoms with van der Waals surface area (Å²) in [4.78, 5) is 12.1. The van der Waals surface area contributed by atoms with Crippen LogP contribution in [0.15, 0.2) is 24.3 Å². The Morgan fingerprint density at radius 2 is 2.15 bits per heavy atom. The van der Waals surface area contributed by atoms with Gasteiger partial charge in [-0.1, -0.05) is 29.8 Å². The quantitative estimate of drug-likeness (QED) is 0.907. The van der Waals surface area contributed by atoms with E-state index in [4.69, 9.17) is 4.74 Å². The van der Waals surface area contributed by atoms with E-state index in [0.29, 0.717) is 6.42 Å². The Morgan fingerprint density at radius 3 is 2.80 bits per heavy atom. The smallest absolute Gasteiger partial charge is 0.224 e. The van der Waals surface area contributed by atoms with E-state index in [0.717, 1.165) is 38.2 Å². The third kappa shape index (κ3) is 4.25. The molecule has 0 aromatic heterocycles. The summed E-state index contributed by atoms with van der Waals surface area (Å²) in [5.74, 6) is 0.107. The normalized spacial score (nSPS) is 17.7. The van der Waals surface area contributed by atoms with E-state index in [1.807, 2.05) is 36.9 Å². The number of rotatable bonds is 5. The second-order valence-corrected chi connectivity index (χ2v) is 6.72. The van der Waals surface area contributed by atoms with Gasteiger partial charge < -0.3 is 10.1 Å². The van der Waals surface area contributed by atoms with Gasteiger partial charge in [0.15, 0.2) is 0 Å². The molecule has 0 radical (unpaired) electrons. The molecular weight excluding hydrogens is 270 g/mol. The van der Waals surface area contributed by atoms with Crippen LogP contribution in [0.1, 0.15) is 24.0 Å². The fourth-order valence-electron chi connectivity index (χ4n) is 2.53. The monoisotopic (exact) mass is 293 g/mol. The molecule has 1 heterocycles. The van der Waals surface area contributed by atoms with Crippen molar-refractivity contribution in [2.45, 2.75) is 30.9 Å². The van der Waals surface area contributed by atoms with Crippen LogP contribution in [0.5, 0.6) is 0 Å². The topological polar surface area (TPSA) is 38.3 Å². The number of carbonyl (C=O) groups excluding carboxylic acids is 1. The number of amides is 1. The minimum Gasteiger partial charge on any atom is -0.381 e. The number of hydrogen-bond donors (Lipinski definition) is 1. The van der Waals surface area contributed by atoms with Gasteiger partial charge in [0.2, 0.25) is 5.91 Å². The van der Waals surface area contributed by atoms with E-state index in [2.05, 4.69) is 17.6 Å². The third-order valence-electron chi connectivity index (χ3n) is 3.89. The minimum atomic E-state index is 0.107. The van der Waals surface area contributed by atoms with Crippen molar-refractivity contribution < 1.29 is 9.53 Å². The highest BCUT2D eigenvalue weighted by atomic mass is 32.2. The molecule has 0 aliphatic carbocycles. The summed E-state index contributed by atoms with van der Waals surface area (Å²) in [6.07, 6.45) is 4.61. The predicted molar refractivity (Wildman–Crippen MR) is 84.2 cm³/mol. The van der Waals surface area contributed by atoms with E-state index < -0.39 is 0 Å². The lowest BCUT2D eigenvalue weighted by Gasteiger charge is -2.35. The first-order valence-corrected chi connectivity index (χ1v) is 8.31. The maximum atomic E-state index is 12.1. The van der Waals surface area contributed by atoms with Gasteiger partial charge in [-0.15, -0.1) is 0 Å². The summed E-state index contributed by atoms with van der Waals surface area (Å²) >= 11 is 1.85. The van der Waals surface area contributed by atoms with Crippen molar-refractivity contribution in [2.75, 3.05) is 26.0 Å². The Morgan fingerprint density at radius 1 is 1.40 bits per heavy atom. The maximum absolute atomic E-state index is 12.1. The van der Waals surface area contributed by atoms with Crippen LogP contribution in [0.4, 0.5) is 0 Å². The molecule has 0 bridgehead atoms. The van der Waals surface area contributed by atoms with Gasteiger partial charge in [-0.25, -0.2) is 0 Å². The van der Waals surface area contributed by atoms with Gasteiger partial charge in [0.25, 0.3) is 0 Å². The molecule has 1 saturated heterocycles. The van der Waals surface area contributed by atoms with E-state index >= 15 is 0 Å². The number of aryl methyl sites for hydroxylation is 1. The van der Waals surface area contributed by atoms with Crippen molar-refractivity contribution in [3.05, 3.63) is 35.4 Å². The number of hydrogen-bond acceptors (Lipinski definition) is 3. The number of nitrogens with one attached hydrogen (secondary N) is 1. The molecule has 110 valence electrons. The molecule has 20 heavy (non-hydrogen) atoms. The van der Waals surface area contributed by atoms with Crippen molar-refractivity contribution in [3.8, 4) is 0 Å². The van der Waals surface area contributed by atoms with Crippen LogP contribution in [0.2, 0.25) is 0 Å². The molecular formula is C16H23NO2S. The average Bonchev–Trinajstić information content (AvgIpc) is 2.46. The fourth-order valence-corrected chi connectivity index (χ4v) is 3.32. The molecule has 1 fully saturated rings. The van der Waals surface area contributed by atoms with Gasteiger partial charge in [-0.05, 0) is 31.6 Å². The summed E-state index contributed by atoms with van der Waals surface area (Å²) < 4.78 is 5.57. The lowest BCUT2D eigenvalue weighted by atomic mass is 9.99. The predicted octanol–water partition coefficient (Wildman–Crippen LogP) is 2.57. The van der Waals surface area contributed by atoms with Crippen LogP contribution in [0, 0.1) is 6.92 Å². The molecule has 1 aromatic rings. The zero-order valence-electron chi connectivity index (χ0n) is 12.3. The highest BCUT2D eigenvalue weighted by Gasteiger charge is 2.31. The van der Waals surface area contributed by atoms with E-state index in [1.165, 1.54) is 5.56 Å². The van der Waals surface area contributed by atoms with Gasteiger partial charge in [0.05, 0.1) is 6.42 Å². The lowest BCUT2D eigenvalue weighted by molar-refractivity contribution is -0.120. The Balaban J connectivity index is 1.85. The highest BCUT2D eigenvalue weighted by molar-refractivity contribution is 8.00. The van der Waals surface area contributed by atoms with Crippen LogP contribution in [0.3, 0.4) is 0 Å². The SMILES string of the molecule is CSC1(CNC(=O)Cc2cccc(C)c2)CCOCC1. The lowest BCUT2D eigenvalue weighted by Crippen LogP contribution is -2.44. The van der Waals surface area contributed by atoms with Gasteiger partial charge in [0.1, 0.15) is 0 Å². The molecule has 1 N–H and O–H groups in total. The molecule has 1 aliphatic rings. The number of carbonyl (C=O) groups is 1. The molecule has 0 spiro atoms. The zero-order valence-corrected chi connectivity index (χ0v) is 13.1. The number of ether oxygens (including phenoxy) is 1. The van der Waals surface area contributed by atoms with Crippen LogP contribution >= 0.6 is 11.8 Å². The first-order valence-electron chi connectivity index (χ1n) is 7.09. The van der Waals surface area contributed by atoms with Crippen LogP contribution in [-0.2, 0) is 16.0 Å². The molecule has 0 saturated carbocycles. The van der Waals surface area contributed by atoms with Gasteiger partial charge in [-0.2, -0.15) is 11.8 Å². The summed E-state index contributed by atoms with van der Waals surface area (Å²) in [5.41, 5.74) is 2.27. The highest BCUT2D eigenvalue weighted by Crippen LogP contribution is 2.32. The van der Waals surface area contributed by atoms with Crippen molar-refractivity contribution in [3.63, 3.8) is 0 Å². The summed E-state index contributed by atoms with van der Waals surface area (Å²) in [6, 6.07) is 8.12. The molecule has 2 rings (SSSR count). The third-order valence-corrected chi connectivity index (χ3v) is 5.31. The Bertz CT molecular complexity index is 456. The van der Waals surface area contributed by atoms with E-state index in [1.54, 1.807) is 0 Å². The molecule has 0 atom stereocenters. The van der Waals surface area contributed by atoms with E-state index in [-0.39, 0.29) is 10.7 Å². The molecule has 4 heteroatoms. The summed E-state index contributed by atoms with van der Waals surface area (Å²) in [6.45, 7) is 4.39. The first kappa shape index (κ1) is 15.4. The second kappa shape index (κ2) is 7.14. The second-order valence-electron chi connectivity index (χ2n) is 5.44. The minimum absolute atomic E-state index is 0.107. The van der Waals surface area contributed by atoms with Crippen molar-refractivity contribution in [2.24, 2.45) is 0 Å².